The molecule has 0 aliphatic rings. The zero-order valence-electron chi connectivity index (χ0n) is 11.1. The fourth-order valence-corrected chi connectivity index (χ4v) is 3.06. The lowest BCUT2D eigenvalue weighted by molar-refractivity contribution is -0.115. The number of carbonyl (C=O) groups is 1. The number of carbonyl (C=O) groups excluding carboxylic acids is 1. The van der Waals surface area contributed by atoms with Gasteiger partial charge in [-0.3, -0.25) is 4.79 Å². The first kappa shape index (κ1) is 16.1. The molecule has 0 unspecified atom stereocenters. The molecule has 6 heteroatoms. The second-order valence-corrected chi connectivity index (χ2v) is 6.59. The average Bonchev–Trinajstić information content (AvgIpc) is 2.40. The number of benzene rings is 2. The molecule has 0 radical (unpaired) electrons. The highest BCUT2D eigenvalue weighted by Gasteiger charge is 2.16. The summed E-state index contributed by atoms with van der Waals surface area (Å²) in [7, 11) is 0. The summed E-state index contributed by atoms with van der Waals surface area (Å²) in [4.78, 5) is 12.5. The highest BCUT2D eigenvalue weighted by Crippen LogP contribution is 2.27. The van der Waals surface area contributed by atoms with E-state index < -0.39 is 5.25 Å². The van der Waals surface area contributed by atoms with Gasteiger partial charge in [-0.1, -0.05) is 35.3 Å². The standard InChI is InChI=1S/C15H12Cl2FNOS/c1-9(21-14-5-3-2-4-13(14)18)15(20)19-12-7-10(16)6-11(17)8-12/h2-9H,1H3,(H,19,20)/t9-/m1/s1. The normalized spacial score (nSPS) is 12.0. The second kappa shape index (κ2) is 7.16. The predicted octanol–water partition coefficient (Wildman–Crippen LogP) is 5.25. The molecular weight excluding hydrogens is 332 g/mol. The van der Waals surface area contributed by atoms with Gasteiger partial charge < -0.3 is 5.32 Å². The van der Waals surface area contributed by atoms with E-state index in [2.05, 4.69) is 5.32 Å². The molecule has 0 heterocycles. The van der Waals surface area contributed by atoms with E-state index >= 15 is 0 Å². The molecule has 0 spiro atoms. The maximum Gasteiger partial charge on any atom is 0.237 e. The molecule has 110 valence electrons. The molecule has 1 amide bonds. The van der Waals surface area contributed by atoms with Crippen LogP contribution >= 0.6 is 35.0 Å². The van der Waals surface area contributed by atoms with E-state index in [1.165, 1.54) is 6.07 Å². The Labute approximate surface area is 136 Å². The zero-order valence-corrected chi connectivity index (χ0v) is 13.4. The lowest BCUT2D eigenvalue weighted by atomic mass is 10.3. The third-order valence-corrected chi connectivity index (χ3v) is 4.23. The van der Waals surface area contributed by atoms with Crippen LogP contribution in [0.5, 0.6) is 0 Å². The molecule has 2 nitrogen and oxygen atoms in total. The van der Waals surface area contributed by atoms with Crippen LogP contribution in [0.25, 0.3) is 0 Å². The lowest BCUT2D eigenvalue weighted by Crippen LogP contribution is -2.22. The molecule has 0 aliphatic carbocycles. The van der Waals surface area contributed by atoms with Crippen molar-refractivity contribution in [2.45, 2.75) is 17.1 Å². The van der Waals surface area contributed by atoms with Crippen LogP contribution in [0.3, 0.4) is 0 Å². The van der Waals surface area contributed by atoms with E-state index in [4.69, 9.17) is 23.2 Å². The lowest BCUT2D eigenvalue weighted by Gasteiger charge is -2.13. The van der Waals surface area contributed by atoms with Gasteiger partial charge in [0.25, 0.3) is 0 Å². The number of halogens is 3. The van der Waals surface area contributed by atoms with Crippen LogP contribution in [-0.2, 0) is 4.79 Å². The Morgan fingerprint density at radius 2 is 1.81 bits per heavy atom. The van der Waals surface area contributed by atoms with Gasteiger partial charge in [0.1, 0.15) is 5.82 Å². The Kier molecular flexibility index (Phi) is 5.51. The summed E-state index contributed by atoms with van der Waals surface area (Å²) in [5.41, 5.74) is 0.512. The van der Waals surface area contributed by atoms with Crippen molar-refractivity contribution in [1.82, 2.24) is 0 Å². The number of rotatable bonds is 4. The molecule has 2 aromatic carbocycles. The van der Waals surface area contributed by atoms with Crippen molar-refractivity contribution >= 4 is 46.6 Å². The largest absolute Gasteiger partial charge is 0.325 e. The van der Waals surface area contributed by atoms with Gasteiger partial charge in [-0.25, -0.2) is 4.39 Å². The van der Waals surface area contributed by atoms with E-state index in [-0.39, 0.29) is 11.7 Å². The van der Waals surface area contributed by atoms with Crippen LogP contribution in [0.1, 0.15) is 6.92 Å². The van der Waals surface area contributed by atoms with Crippen molar-refractivity contribution in [3.05, 3.63) is 58.3 Å². The highest BCUT2D eigenvalue weighted by atomic mass is 35.5. The maximum atomic E-state index is 13.6. The van der Waals surface area contributed by atoms with Gasteiger partial charge in [0.2, 0.25) is 5.91 Å². The van der Waals surface area contributed by atoms with Gasteiger partial charge in [0, 0.05) is 20.6 Å². The van der Waals surface area contributed by atoms with Crippen molar-refractivity contribution in [2.24, 2.45) is 0 Å². The Morgan fingerprint density at radius 1 is 1.19 bits per heavy atom. The highest BCUT2D eigenvalue weighted by molar-refractivity contribution is 8.00. The monoisotopic (exact) mass is 343 g/mol. The van der Waals surface area contributed by atoms with Crippen LogP contribution < -0.4 is 5.32 Å². The Hall–Kier alpha value is -1.23. The van der Waals surface area contributed by atoms with Gasteiger partial charge >= 0.3 is 0 Å². The van der Waals surface area contributed by atoms with E-state index in [0.717, 1.165) is 11.8 Å². The minimum absolute atomic E-state index is 0.249. The summed E-state index contributed by atoms with van der Waals surface area (Å²) in [5, 5.41) is 3.13. The van der Waals surface area contributed by atoms with Gasteiger partial charge in [-0.05, 0) is 37.3 Å². The molecule has 0 saturated carbocycles. The Morgan fingerprint density at radius 3 is 2.43 bits per heavy atom. The number of anilines is 1. The minimum Gasteiger partial charge on any atom is -0.325 e. The molecule has 2 rings (SSSR count). The summed E-state index contributed by atoms with van der Waals surface area (Å²) in [6.07, 6.45) is 0. The van der Waals surface area contributed by atoms with Crippen molar-refractivity contribution in [3.8, 4) is 0 Å². The predicted molar refractivity (Wildman–Crippen MR) is 86.8 cm³/mol. The van der Waals surface area contributed by atoms with Crippen molar-refractivity contribution in [3.63, 3.8) is 0 Å². The molecule has 0 fully saturated rings. The van der Waals surface area contributed by atoms with Crippen molar-refractivity contribution in [1.29, 1.82) is 0 Å². The number of amides is 1. The fraction of sp³-hybridized carbons (Fsp3) is 0.133. The first-order valence-corrected chi connectivity index (χ1v) is 7.77. The SMILES string of the molecule is C[C@@H](Sc1ccccc1F)C(=O)Nc1cc(Cl)cc(Cl)c1. The molecule has 0 aromatic heterocycles. The summed E-state index contributed by atoms with van der Waals surface area (Å²) in [6, 6.07) is 11.1. The molecule has 0 bridgehead atoms. The minimum atomic E-state index is -0.459. The van der Waals surface area contributed by atoms with Gasteiger partial charge in [-0.15, -0.1) is 11.8 Å². The molecule has 1 N–H and O–H groups in total. The Balaban J connectivity index is 2.04. The molecule has 2 aromatic rings. The van der Waals surface area contributed by atoms with Gasteiger partial charge in [0.15, 0.2) is 0 Å². The van der Waals surface area contributed by atoms with E-state index in [0.29, 0.717) is 20.6 Å². The number of nitrogens with one attached hydrogen (secondary N) is 1. The summed E-state index contributed by atoms with van der Waals surface area (Å²) in [5.74, 6) is -0.588. The van der Waals surface area contributed by atoms with Crippen molar-refractivity contribution in [2.75, 3.05) is 5.32 Å². The third-order valence-electron chi connectivity index (χ3n) is 2.64. The molecule has 0 saturated heterocycles. The molecular formula is C15H12Cl2FNOS. The molecule has 1 atom stereocenters. The van der Waals surface area contributed by atoms with E-state index in [1.807, 2.05) is 0 Å². The topological polar surface area (TPSA) is 29.1 Å². The Bertz CT molecular complexity index is 646. The summed E-state index contributed by atoms with van der Waals surface area (Å²) in [6.45, 7) is 1.71. The van der Waals surface area contributed by atoms with Crippen LogP contribution in [0.2, 0.25) is 10.0 Å². The average molecular weight is 344 g/mol. The third kappa shape index (κ3) is 4.63. The summed E-state index contributed by atoms with van der Waals surface area (Å²) >= 11 is 12.9. The first-order valence-electron chi connectivity index (χ1n) is 6.14. The maximum absolute atomic E-state index is 13.6. The molecule has 0 aliphatic heterocycles. The van der Waals surface area contributed by atoms with Gasteiger partial charge in [-0.2, -0.15) is 0 Å². The smallest absolute Gasteiger partial charge is 0.237 e. The number of thioether (sulfide) groups is 1. The van der Waals surface area contributed by atoms with Crippen LogP contribution in [0, 0.1) is 5.82 Å². The fourth-order valence-electron chi connectivity index (χ4n) is 1.65. The van der Waals surface area contributed by atoms with Gasteiger partial charge in [0.05, 0.1) is 5.25 Å². The number of hydrogen-bond donors (Lipinski definition) is 1. The van der Waals surface area contributed by atoms with Crippen LogP contribution in [0.4, 0.5) is 10.1 Å². The number of hydrogen-bond acceptors (Lipinski definition) is 2. The summed E-state index contributed by atoms with van der Waals surface area (Å²) < 4.78 is 13.6. The first-order chi connectivity index (χ1) is 9.95. The van der Waals surface area contributed by atoms with Crippen LogP contribution in [0.15, 0.2) is 47.4 Å². The molecule has 21 heavy (non-hydrogen) atoms. The van der Waals surface area contributed by atoms with E-state index in [9.17, 15) is 9.18 Å². The zero-order chi connectivity index (χ0) is 15.4. The van der Waals surface area contributed by atoms with Crippen LogP contribution in [-0.4, -0.2) is 11.2 Å². The second-order valence-electron chi connectivity index (χ2n) is 4.34. The van der Waals surface area contributed by atoms with E-state index in [1.54, 1.807) is 43.3 Å². The van der Waals surface area contributed by atoms with Crippen molar-refractivity contribution < 1.29 is 9.18 Å². The quantitative estimate of drug-likeness (QED) is 0.768.